The van der Waals surface area contributed by atoms with E-state index in [9.17, 15) is 8.78 Å². The van der Waals surface area contributed by atoms with Crippen LogP contribution in [-0.4, -0.2) is 43.0 Å². The van der Waals surface area contributed by atoms with E-state index < -0.39 is 12.5 Å². The van der Waals surface area contributed by atoms with Crippen molar-refractivity contribution in [1.29, 1.82) is 0 Å². The Morgan fingerprint density at radius 3 is 2.12 bits per heavy atom. The summed E-state index contributed by atoms with van der Waals surface area (Å²) in [6.45, 7) is 11.0. The van der Waals surface area contributed by atoms with Crippen LogP contribution in [0.3, 0.4) is 0 Å². The minimum atomic E-state index is -2.27. The molecule has 0 aromatic rings. The molecule has 0 saturated carbocycles. The molecule has 1 N–H and O–H groups in total. The van der Waals surface area contributed by atoms with Gasteiger partial charge >= 0.3 is 0 Å². The van der Waals surface area contributed by atoms with Crippen LogP contribution < -0.4 is 5.32 Å². The Labute approximate surface area is 98.4 Å². The maximum atomic E-state index is 12.3. The lowest BCUT2D eigenvalue weighted by Crippen LogP contribution is -2.39. The van der Waals surface area contributed by atoms with Crippen LogP contribution in [0.1, 0.15) is 40.5 Å². The molecule has 0 fully saturated rings. The van der Waals surface area contributed by atoms with E-state index in [0.29, 0.717) is 0 Å². The summed E-state index contributed by atoms with van der Waals surface area (Å²) in [4.78, 5) is 2.35. The van der Waals surface area contributed by atoms with Gasteiger partial charge in [0, 0.05) is 6.04 Å². The summed E-state index contributed by atoms with van der Waals surface area (Å²) in [6.07, 6.45) is -0.260. The molecular formula is C12H26F2N2. The van der Waals surface area contributed by atoms with Gasteiger partial charge < -0.3 is 10.2 Å². The SMILES string of the molecule is CCN(CC)CCCC(C)NC(C)C(F)F. The predicted octanol–water partition coefficient (Wildman–Crippen LogP) is 2.74. The molecule has 0 aromatic carbocycles. The standard InChI is InChI=1S/C12H26F2N2/c1-5-16(6-2)9-7-8-10(3)15-11(4)12(13)14/h10-12,15H,5-9H2,1-4H3. The lowest BCUT2D eigenvalue weighted by atomic mass is 10.1. The Balaban J connectivity index is 3.61. The van der Waals surface area contributed by atoms with E-state index in [0.717, 1.165) is 32.5 Å². The highest BCUT2D eigenvalue weighted by atomic mass is 19.3. The van der Waals surface area contributed by atoms with Crippen LogP contribution in [0.5, 0.6) is 0 Å². The van der Waals surface area contributed by atoms with Crippen molar-refractivity contribution < 1.29 is 8.78 Å². The highest BCUT2D eigenvalue weighted by Crippen LogP contribution is 2.04. The first-order chi connectivity index (χ1) is 7.51. The zero-order valence-electron chi connectivity index (χ0n) is 11.0. The largest absolute Gasteiger partial charge is 0.307 e. The fourth-order valence-electron chi connectivity index (χ4n) is 1.77. The van der Waals surface area contributed by atoms with Gasteiger partial charge in [-0.2, -0.15) is 0 Å². The van der Waals surface area contributed by atoms with Gasteiger partial charge in [-0.1, -0.05) is 13.8 Å². The molecule has 0 heterocycles. The summed E-state index contributed by atoms with van der Waals surface area (Å²) in [5, 5.41) is 2.92. The number of rotatable bonds is 9. The van der Waals surface area contributed by atoms with Crippen LogP contribution >= 0.6 is 0 Å². The molecule has 0 aromatic heterocycles. The number of nitrogens with one attached hydrogen (secondary N) is 1. The van der Waals surface area contributed by atoms with E-state index in [4.69, 9.17) is 0 Å². The van der Waals surface area contributed by atoms with Gasteiger partial charge in [0.2, 0.25) is 0 Å². The Morgan fingerprint density at radius 1 is 1.12 bits per heavy atom. The fourth-order valence-corrected chi connectivity index (χ4v) is 1.77. The molecule has 2 nitrogen and oxygen atoms in total. The minimum Gasteiger partial charge on any atom is -0.307 e. The van der Waals surface area contributed by atoms with Crippen LogP contribution in [0.4, 0.5) is 8.78 Å². The summed E-state index contributed by atoms with van der Waals surface area (Å²) >= 11 is 0. The monoisotopic (exact) mass is 236 g/mol. The summed E-state index contributed by atoms with van der Waals surface area (Å²) < 4.78 is 24.6. The van der Waals surface area contributed by atoms with Crippen molar-refractivity contribution in [1.82, 2.24) is 10.2 Å². The third-order valence-corrected chi connectivity index (χ3v) is 2.93. The van der Waals surface area contributed by atoms with Gasteiger partial charge in [0.25, 0.3) is 6.43 Å². The maximum Gasteiger partial charge on any atom is 0.253 e. The van der Waals surface area contributed by atoms with E-state index in [1.165, 1.54) is 6.92 Å². The quantitative estimate of drug-likeness (QED) is 0.662. The second-order valence-corrected chi connectivity index (χ2v) is 4.36. The van der Waals surface area contributed by atoms with Gasteiger partial charge in [-0.15, -0.1) is 0 Å². The molecule has 2 atom stereocenters. The molecule has 2 unspecified atom stereocenters. The predicted molar refractivity (Wildman–Crippen MR) is 65.1 cm³/mol. The summed E-state index contributed by atoms with van der Waals surface area (Å²) in [6, 6.07) is -0.539. The van der Waals surface area contributed by atoms with Crippen molar-refractivity contribution in [2.45, 2.75) is 59.0 Å². The first kappa shape index (κ1) is 15.8. The van der Waals surface area contributed by atoms with Crippen LogP contribution in [0.2, 0.25) is 0 Å². The van der Waals surface area contributed by atoms with E-state index in [1.807, 2.05) is 6.92 Å². The molecule has 0 rings (SSSR count). The number of hydrogen-bond donors (Lipinski definition) is 1. The Hall–Kier alpha value is -0.220. The first-order valence-corrected chi connectivity index (χ1v) is 6.27. The zero-order chi connectivity index (χ0) is 12.6. The molecule has 0 spiro atoms. The van der Waals surface area contributed by atoms with Crippen molar-refractivity contribution in [2.75, 3.05) is 19.6 Å². The van der Waals surface area contributed by atoms with Crippen LogP contribution in [0, 0.1) is 0 Å². The van der Waals surface area contributed by atoms with Gasteiger partial charge in [-0.05, 0) is 46.3 Å². The average Bonchev–Trinajstić information content (AvgIpc) is 2.24. The maximum absolute atomic E-state index is 12.3. The van der Waals surface area contributed by atoms with Crippen molar-refractivity contribution in [2.24, 2.45) is 0 Å². The Kier molecular flexibility index (Phi) is 8.76. The van der Waals surface area contributed by atoms with Gasteiger partial charge in [-0.3, -0.25) is 0 Å². The topological polar surface area (TPSA) is 15.3 Å². The van der Waals surface area contributed by atoms with Crippen molar-refractivity contribution >= 4 is 0 Å². The van der Waals surface area contributed by atoms with Crippen molar-refractivity contribution in [3.8, 4) is 0 Å². The molecule has 0 radical (unpaired) electrons. The average molecular weight is 236 g/mol. The zero-order valence-corrected chi connectivity index (χ0v) is 11.0. The van der Waals surface area contributed by atoms with Gasteiger partial charge in [-0.25, -0.2) is 8.78 Å². The number of nitrogens with zero attached hydrogens (tertiary/aromatic N) is 1. The van der Waals surface area contributed by atoms with E-state index in [2.05, 4.69) is 24.1 Å². The fraction of sp³-hybridized carbons (Fsp3) is 1.00. The van der Waals surface area contributed by atoms with Crippen molar-refractivity contribution in [3.05, 3.63) is 0 Å². The van der Waals surface area contributed by atoms with Crippen LogP contribution in [0.25, 0.3) is 0 Å². The van der Waals surface area contributed by atoms with Crippen molar-refractivity contribution in [3.63, 3.8) is 0 Å². The van der Waals surface area contributed by atoms with E-state index >= 15 is 0 Å². The van der Waals surface area contributed by atoms with Crippen LogP contribution in [-0.2, 0) is 0 Å². The summed E-state index contributed by atoms with van der Waals surface area (Å²) in [5.41, 5.74) is 0. The Morgan fingerprint density at radius 2 is 1.69 bits per heavy atom. The van der Waals surface area contributed by atoms with Gasteiger partial charge in [0.1, 0.15) is 0 Å². The summed E-state index contributed by atoms with van der Waals surface area (Å²) in [7, 11) is 0. The highest BCUT2D eigenvalue weighted by Gasteiger charge is 2.16. The third kappa shape index (κ3) is 7.12. The molecule has 0 saturated heterocycles. The lowest BCUT2D eigenvalue weighted by molar-refractivity contribution is 0.0999. The van der Waals surface area contributed by atoms with E-state index in [1.54, 1.807) is 0 Å². The molecule has 98 valence electrons. The normalized spacial score (nSPS) is 15.8. The summed E-state index contributed by atoms with van der Waals surface area (Å²) in [5.74, 6) is 0. The van der Waals surface area contributed by atoms with E-state index in [-0.39, 0.29) is 6.04 Å². The van der Waals surface area contributed by atoms with Crippen LogP contribution in [0.15, 0.2) is 0 Å². The lowest BCUT2D eigenvalue weighted by Gasteiger charge is -2.22. The number of alkyl halides is 2. The molecule has 0 aliphatic rings. The smallest absolute Gasteiger partial charge is 0.253 e. The molecule has 0 aliphatic carbocycles. The molecule has 0 aliphatic heterocycles. The van der Waals surface area contributed by atoms with Gasteiger partial charge in [0.15, 0.2) is 0 Å². The van der Waals surface area contributed by atoms with Gasteiger partial charge in [0.05, 0.1) is 6.04 Å². The second kappa shape index (κ2) is 8.88. The number of hydrogen-bond acceptors (Lipinski definition) is 2. The first-order valence-electron chi connectivity index (χ1n) is 6.27. The molecule has 4 heteroatoms. The third-order valence-electron chi connectivity index (χ3n) is 2.93. The molecule has 0 amide bonds. The molecule has 16 heavy (non-hydrogen) atoms. The Bertz CT molecular complexity index is 161. The highest BCUT2D eigenvalue weighted by molar-refractivity contribution is 4.69. The molecular weight excluding hydrogens is 210 g/mol. The molecule has 0 bridgehead atoms. The second-order valence-electron chi connectivity index (χ2n) is 4.36. The number of halogens is 2. The minimum absolute atomic E-state index is 0.166.